The SMILES string of the molecule is Cc1ccc(S(=O)(=O)NCC(C)(C)O)cc1. The molecule has 0 amide bonds. The lowest BCUT2D eigenvalue weighted by Gasteiger charge is -2.17. The number of aryl methyl sites for hydroxylation is 1. The Balaban J connectivity index is 2.83. The van der Waals surface area contributed by atoms with Crippen molar-refractivity contribution in [2.24, 2.45) is 0 Å². The van der Waals surface area contributed by atoms with E-state index in [4.69, 9.17) is 0 Å². The highest BCUT2D eigenvalue weighted by Crippen LogP contribution is 2.10. The maximum Gasteiger partial charge on any atom is 0.240 e. The molecule has 0 aliphatic heterocycles. The molecule has 0 heterocycles. The van der Waals surface area contributed by atoms with Crippen LogP contribution in [-0.2, 0) is 10.0 Å². The van der Waals surface area contributed by atoms with Gasteiger partial charge in [-0.2, -0.15) is 0 Å². The molecule has 0 unspecified atom stereocenters. The summed E-state index contributed by atoms with van der Waals surface area (Å²) in [6.07, 6.45) is 0. The summed E-state index contributed by atoms with van der Waals surface area (Å²) in [7, 11) is -3.52. The van der Waals surface area contributed by atoms with E-state index in [9.17, 15) is 13.5 Å². The topological polar surface area (TPSA) is 66.4 Å². The van der Waals surface area contributed by atoms with Crippen molar-refractivity contribution >= 4 is 10.0 Å². The third-order valence-electron chi connectivity index (χ3n) is 2.03. The third-order valence-corrected chi connectivity index (χ3v) is 3.44. The summed E-state index contributed by atoms with van der Waals surface area (Å²) in [5.74, 6) is 0. The Bertz CT molecular complexity index is 443. The molecular weight excluding hydrogens is 226 g/mol. The van der Waals surface area contributed by atoms with E-state index in [1.807, 2.05) is 6.92 Å². The van der Waals surface area contributed by atoms with Gasteiger partial charge in [0, 0.05) is 6.54 Å². The lowest BCUT2D eigenvalue weighted by atomic mass is 10.1. The normalized spacial score (nSPS) is 12.8. The molecule has 16 heavy (non-hydrogen) atoms. The molecular formula is C11H17NO3S. The van der Waals surface area contributed by atoms with Crippen LogP contribution < -0.4 is 4.72 Å². The fraction of sp³-hybridized carbons (Fsp3) is 0.455. The maximum atomic E-state index is 11.8. The second kappa shape index (κ2) is 4.53. The van der Waals surface area contributed by atoms with Crippen molar-refractivity contribution in [1.82, 2.24) is 4.72 Å². The monoisotopic (exact) mass is 243 g/mol. The van der Waals surface area contributed by atoms with Crippen LogP contribution in [0.2, 0.25) is 0 Å². The van der Waals surface area contributed by atoms with Crippen molar-refractivity contribution in [3.63, 3.8) is 0 Å². The summed E-state index contributed by atoms with van der Waals surface area (Å²) in [4.78, 5) is 0.211. The Hall–Kier alpha value is -0.910. The van der Waals surface area contributed by atoms with E-state index >= 15 is 0 Å². The third kappa shape index (κ3) is 3.92. The molecule has 4 nitrogen and oxygen atoms in total. The van der Waals surface area contributed by atoms with Gasteiger partial charge in [-0.1, -0.05) is 17.7 Å². The van der Waals surface area contributed by atoms with Gasteiger partial charge in [0.25, 0.3) is 0 Å². The fourth-order valence-corrected chi connectivity index (χ4v) is 2.28. The molecule has 0 fully saturated rings. The van der Waals surface area contributed by atoms with Gasteiger partial charge in [0.15, 0.2) is 0 Å². The van der Waals surface area contributed by atoms with Crippen molar-refractivity contribution < 1.29 is 13.5 Å². The van der Waals surface area contributed by atoms with E-state index in [2.05, 4.69) is 4.72 Å². The molecule has 0 bridgehead atoms. The van der Waals surface area contributed by atoms with Gasteiger partial charge in [0.2, 0.25) is 10.0 Å². The van der Waals surface area contributed by atoms with Gasteiger partial charge >= 0.3 is 0 Å². The van der Waals surface area contributed by atoms with E-state index in [-0.39, 0.29) is 11.4 Å². The zero-order valence-corrected chi connectivity index (χ0v) is 10.5. The minimum atomic E-state index is -3.52. The molecule has 1 aromatic rings. The summed E-state index contributed by atoms with van der Waals surface area (Å²) in [5, 5.41) is 9.45. The first-order chi connectivity index (χ1) is 7.21. The quantitative estimate of drug-likeness (QED) is 0.830. The second-order valence-corrected chi connectivity index (χ2v) is 6.22. The second-order valence-electron chi connectivity index (χ2n) is 4.45. The summed E-state index contributed by atoms with van der Waals surface area (Å²) in [5.41, 5.74) is -0.0564. The van der Waals surface area contributed by atoms with Crippen LogP contribution >= 0.6 is 0 Å². The average Bonchev–Trinajstić information content (AvgIpc) is 2.15. The molecule has 0 spiro atoms. The minimum Gasteiger partial charge on any atom is -0.389 e. The Kier molecular flexibility index (Phi) is 3.72. The van der Waals surface area contributed by atoms with E-state index in [0.717, 1.165) is 5.56 Å². The van der Waals surface area contributed by atoms with Crippen LogP contribution in [-0.4, -0.2) is 25.7 Å². The van der Waals surface area contributed by atoms with Gasteiger partial charge in [-0.05, 0) is 32.9 Å². The number of rotatable bonds is 4. The van der Waals surface area contributed by atoms with Crippen LogP contribution in [0.15, 0.2) is 29.2 Å². The van der Waals surface area contributed by atoms with Crippen LogP contribution in [0.3, 0.4) is 0 Å². The van der Waals surface area contributed by atoms with Crippen molar-refractivity contribution in [1.29, 1.82) is 0 Å². The Morgan fingerprint density at radius 3 is 2.19 bits per heavy atom. The predicted octanol–water partition coefficient (Wildman–Crippen LogP) is 1.04. The first-order valence-corrected chi connectivity index (χ1v) is 6.48. The lowest BCUT2D eigenvalue weighted by Crippen LogP contribution is -2.38. The molecule has 0 atom stereocenters. The molecule has 0 aromatic heterocycles. The van der Waals surface area contributed by atoms with Crippen molar-refractivity contribution in [2.45, 2.75) is 31.3 Å². The zero-order valence-electron chi connectivity index (χ0n) is 9.69. The molecule has 5 heteroatoms. The van der Waals surface area contributed by atoms with Crippen molar-refractivity contribution in [2.75, 3.05) is 6.54 Å². The molecule has 90 valence electrons. The van der Waals surface area contributed by atoms with E-state index in [1.165, 1.54) is 0 Å². The molecule has 0 saturated carbocycles. The van der Waals surface area contributed by atoms with Crippen molar-refractivity contribution in [3.8, 4) is 0 Å². The highest BCUT2D eigenvalue weighted by molar-refractivity contribution is 7.89. The highest BCUT2D eigenvalue weighted by Gasteiger charge is 2.19. The number of hydrogen-bond donors (Lipinski definition) is 2. The fourth-order valence-electron chi connectivity index (χ4n) is 1.07. The molecule has 0 saturated heterocycles. The van der Waals surface area contributed by atoms with E-state index in [1.54, 1.807) is 38.1 Å². The van der Waals surface area contributed by atoms with E-state index < -0.39 is 15.6 Å². The summed E-state index contributed by atoms with van der Waals surface area (Å²) in [6.45, 7) is 4.97. The molecule has 0 radical (unpaired) electrons. The molecule has 1 aromatic carbocycles. The van der Waals surface area contributed by atoms with E-state index in [0.29, 0.717) is 0 Å². The van der Waals surface area contributed by atoms with Gasteiger partial charge in [0.1, 0.15) is 0 Å². The molecule has 1 rings (SSSR count). The van der Waals surface area contributed by atoms with Crippen LogP contribution in [0.1, 0.15) is 19.4 Å². The summed E-state index contributed by atoms with van der Waals surface area (Å²) >= 11 is 0. The highest BCUT2D eigenvalue weighted by atomic mass is 32.2. The first-order valence-electron chi connectivity index (χ1n) is 4.99. The lowest BCUT2D eigenvalue weighted by molar-refractivity contribution is 0.0857. The zero-order chi connectivity index (χ0) is 12.4. The number of benzene rings is 1. The van der Waals surface area contributed by atoms with Gasteiger partial charge in [0.05, 0.1) is 10.5 Å². The maximum absolute atomic E-state index is 11.8. The summed E-state index contributed by atoms with van der Waals surface area (Å²) < 4.78 is 25.9. The minimum absolute atomic E-state index is 0.0107. The van der Waals surface area contributed by atoms with Crippen LogP contribution in [0, 0.1) is 6.92 Å². The Morgan fingerprint density at radius 2 is 1.75 bits per heavy atom. The first kappa shape index (κ1) is 13.2. The number of hydrogen-bond acceptors (Lipinski definition) is 3. The van der Waals surface area contributed by atoms with Gasteiger partial charge in [-0.25, -0.2) is 13.1 Å². The van der Waals surface area contributed by atoms with Crippen molar-refractivity contribution in [3.05, 3.63) is 29.8 Å². The molecule has 0 aliphatic carbocycles. The van der Waals surface area contributed by atoms with Crippen LogP contribution in [0.25, 0.3) is 0 Å². The van der Waals surface area contributed by atoms with Gasteiger partial charge in [-0.15, -0.1) is 0 Å². The van der Waals surface area contributed by atoms with Gasteiger partial charge < -0.3 is 5.11 Å². The van der Waals surface area contributed by atoms with Crippen LogP contribution in [0.5, 0.6) is 0 Å². The molecule has 0 aliphatic rings. The standard InChI is InChI=1S/C11H17NO3S/c1-9-4-6-10(7-5-9)16(14,15)12-8-11(2,3)13/h4-7,12-13H,8H2,1-3H3. The summed E-state index contributed by atoms with van der Waals surface area (Å²) in [6, 6.07) is 6.56. The average molecular weight is 243 g/mol. The smallest absolute Gasteiger partial charge is 0.240 e. The molecule has 2 N–H and O–H groups in total. The number of aliphatic hydroxyl groups is 1. The van der Waals surface area contributed by atoms with Gasteiger partial charge in [-0.3, -0.25) is 0 Å². The van der Waals surface area contributed by atoms with Crippen LogP contribution in [0.4, 0.5) is 0 Å². The number of sulfonamides is 1. The largest absolute Gasteiger partial charge is 0.389 e. The number of nitrogens with one attached hydrogen (secondary N) is 1. The predicted molar refractivity (Wildman–Crippen MR) is 62.7 cm³/mol. The Morgan fingerprint density at radius 1 is 1.25 bits per heavy atom. The Labute approximate surface area is 96.4 Å².